The molecule has 0 radical (unpaired) electrons. The van der Waals surface area contributed by atoms with Crippen LogP contribution in [0, 0.1) is 0 Å². The van der Waals surface area contributed by atoms with E-state index in [-0.39, 0.29) is 0 Å². The van der Waals surface area contributed by atoms with Gasteiger partial charge in [-0.15, -0.1) is 11.3 Å². The van der Waals surface area contributed by atoms with Gasteiger partial charge in [-0.25, -0.2) is 0 Å². The molecule has 0 fully saturated rings. The lowest BCUT2D eigenvalue weighted by Gasteiger charge is -2.20. The van der Waals surface area contributed by atoms with E-state index in [0.717, 1.165) is 17.6 Å². The fraction of sp³-hybridized carbons (Fsp3) is 0.286. The summed E-state index contributed by atoms with van der Waals surface area (Å²) >= 11 is 8.89. The van der Waals surface area contributed by atoms with Gasteiger partial charge in [-0.1, -0.05) is 6.07 Å². The molecule has 1 N–H and O–H groups in total. The van der Waals surface area contributed by atoms with Crippen molar-refractivity contribution in [3.8, 4) is 0 Å². The van der Waals surface area contributed by atoms with E-state index in [1.165, 1.54) is 20.6 Å². The monoisotopic (exact) mass is 402 g/mol. The van der Waals surface area contributed by atoms with Crippen LogP contribution >= 0.6 is 43.2 Å². The summed E-state index contributed by atoms with van der Waals surface area (Å²) in [7, 11) is 4.08. The number of thiophene rings is 1. The van der Waals surface area contributed by atoms with E-state index >= 15 is 0 Å². The van der Waals surface area contributed by atoms with E-state index in [9.17, 15) is 0 Å². The van der Waals surface area contributed by atoms with E-state index in [1.807, 2.05) is 7.05 Å². The molecular weight excluding hydrogens is 388 g/mol. The highest BCUT2D eigenvalue weighted by Gasteiger charge is 2.08. The van der Waals surface area contributed by atoms with Crippen molar-refractivity contribution in [2.45, 2.75) is 13.1 Å². The molecule has 0 spiro atoms. The normalized spacial score (nSPS) is 10.7. The Bertz CT molecular complexity index is 554. The van der Waals surface area contributed by atoms with Crippen molar-refractivity contribution in [2.24, 2.45) is 0 Å². The number of nitrogens with one attached hydrogen (secondary N) is 1. The van der Waals surface area contributed by atoms with Gasteiger partial charge in [0.2, 0.25) is 0 Å². The quantitative estimate of drug-likeness (QED) is 0.782. The van der Waals surface area contributed by atoms with Crippen molar-refractivity contribution >= 4 is 48.9 Å². The molecule has 0 amide bonds. The summed E-state index contributed by atoms with van der Waals surface area (Å²) in [4.78, 5) is 2.25. The maximum atomic E-state index is 3.66. The van der Waals surface area contributed by atoms with Crippen LogP contribution in [0.4, 0.5) is 5.69 Å². The summed E-state index contributed by atoms with van der Waals surface area (Å²) in [6.07, 6.45) is 0. The third-order valence-electron chi connectivity index (χ3n) is 2.85. The van der Waals surface area contributed by atoms with E-state index in [4.69, 9.17) is 0 Å². The second kappa shape index (κ2) is 6.88. The Labute approximate surface area is 135 Å². The number of halogens is 2. The van der Waals surface area contributed by atoms with E-state index < -0.39 is 0 Å². The molecule has 5 heteroatoms. The Kier molecular flexibility index (Phi) is 5.45. The molecule has 102 valence electrons. The number of anilines is 1. The minimum Gasteiger partial charge on any atom is -0.369 e. The van der Waals surface area contributed by atoms with Gasteiger partial charge in [0.15, 0.2) is 0 Å². The molecule has 0 aliphatic rings. The Morgan fingerprint density at radius 2 is 2.00 bits per heavy atom. The van der Waals surface area contributed by atoms with Gasteiger partial charge in [-0.05, 0) is 73.6 Å². The van der Waals surface area contributed by atoms with Crippen molar-refractivity contribution in [1.29, 1.82) is 0 Å². The molecule has 0 unspecified atom stereocenters. The molecule has 1 heterocycles. The molecule has 1 aromatic carbocycles. The number of rotatable bonds is 5. The molecule has 0 saturated carbocycles. The first-order valence-electron chi connectivity index (χ1n) is 5.97. The summed E-state index contributed by atoms with van der Waals surface area (Å²) in [5, 5.41) is 5.35. The Morgan fingerprint density at radius 1 is 1.21 bits per heavy atom. The zero-order chi connectivity index (χ0) is 13.8. The van der Waals surface area contributed by atoms with Crippen LogP contribution in [0.5, 0.6) is 0 Å². The fourth-order valence-corrected chi connectivity index (χ4v) is 3.89. The van der Waals surface area contributed by atoms with Crippen molar-refractivity contribution in [3.05, 3.63) is 49.0 Å². The third kappa shape index (κ3) is 4.05. The predicted octanol–water partition coefficient (Wildman–Crippen LogP) is 4.63. The highest BCUT2D eigenvalue weighted by molar-refractivity contribution is 9.11. The standard InChI is InChI=1S/C14H16Br2N2S/c1-17-7-10-3-4-13(12(15)5-10)18(2)8-11-6-14(16)19-9-11/h3-6,9,17H,7-8H2,1-2H3. The van der Waals surface area contributed by atoms with Crippen LogP contribution in [0.25, 0.3) is 0 Å². The number of benzene rings is 1. The van der Waals surface area contributed by atoms with Gasteiger partial charge in [-0.2, -0.15) is 0 Å². The smallest absolute Gasteiger partial charge is 0.0701 e. The minimum absolute atomic E-state index is 0.889. The molecule has 0 saturated heterocycles. The van der Waals surface area contributed by atoms with Gasteiger partial charge in [0.25, 0.3) is 0 Å². The van der Waals surface area contributed by atoms with E-state index in [1.54, 1.807) is 11.3 Å². The molecular formula is C14H16Br2N2S. The van der Waals surface area contributed by atoms with Gasteiger partial charge in [0.05, 0.1) is 9.47 Å². The van der Waals surface area contributed by atoms with E-state index in [2.05, 4.69) is 78.8 Å². The molecule has 1 aromatic heterocycles. The highest BCUT2D eigenvalue weighted by Crippen LogP contribution is 2.29. The summed E-state index contributed by atoms with van der Waals surface area (Å²) in [6, 6.07) is 8.67. The second-order valence-electron chi connectivity index (χ2n) is 4.43. The Hall–Kier alpha value is -0.360. The van der Waals surface area contributed by atoms with Crippen LogP contribution < -0.4 is 10.2 Å². The zero-order valence-electron chi connectivity index (χ0n) is 10.9. The van der Waals surface area contributed by atoms with Crippen LogP contribution in [-0.2, 0) is 13.1 Å². The number of hydrogen-bond donors (Lipinski definition) is 1. The predicted molar refractivity (Wildman–Crippen MR) is 91.0 cm³/mol. The van der Waals surface area contributed by atoms with Gasteiger partial charge in [0, 0.05) is 24.6 Å². The van der Waals surface area contributed by atoms with Crippen LogP contribution in [-0.4, -0.2) is 14.1 Å². The van der Waals surface area contributed by atoms with Crippen molar-refractivity contribution in [3.63, 3.8) is 0 Å². The van der Waals surface area contributed by atoms with E-state index in [0.29, 0.717) is 0 Å². The summed E-state index contributed by atoms with van der Waals surface area (Å²) in [5.41, 5.74) is 3.82. The molecule has 0 aliphatic heterocycles. The first kappa shape index (κ1) is 15.0. The Balaban J connectivity index is 2.12. The topological polar surface area (TPSA) is 15.3 Å². The van der Waals surface area contributed by atoms with Crippen LogP contribution in [0.3, 0.4) is 0 Å². The first-order chi connectivity index (χ1) is 9.10. The maximum Gasteiger partial charge on any atom is 0.0701 e. The molecule has 0 atom stereocenters. The van der Waals surface area contributed by atoms with Gasteiger partial charge in [-0.3, -0.25) is 0 Å². The molecule has 0 bridgehead atoms. The average Bonchev–Trinajstić information content (AvgIpc) is 2.75. The lowest BCUT2D eigenvalue weighted by Crippen LogP contribution is -2.16. The van der Waals surface area contributed by atoms with Crippen LogP contribution in [0.15, 0.2) is 37.9 Å². The minimum atomic E-state index is 0.889. The molecule has 19 heavy (non-hydrogen) atoms. The number of nitrogens with zero attached hydrogens (tertiary/aromatic N) is 1. The molecule has 2 aromatic rings. The molecule has 0 aliphatic carbocycles. The third-order valence-corrected chi connectivity index (χ3v) is 5.03. The largest absolute Gasteiger partial charge is 0.369 e. The second-order valence-corrected chi connectivity index (χ2v) is 7.58. The fourth-order valence-electron chi connectivity index (χ4n) is 1.96. The average molecular weight is 404 g/mol. The van der Waals surface area contributed by atoms with Gasteiger partial charge >= 0.3 is 0 Å². The van der Waals surface area contributed by atoms with Crippen LogP contribution in [0.2, 0.25) is 0 Å². The van der Waals surface area contributed by atoms with Crippen molar-refractivity contribution in [2.75, 3.05) is 19.0 Å². The molecule has 2 nitrogen and oxygen atoms in total. The van der Waals surface area contributed by atoms with Crippen molar-refractivity contribution < 1.29 is 0 Å². The highest BCUT2D eigenvalue weighted by atomic mass is 79.9. The zero-order valence-corrected chi connectivity index (χ0v) is 14.9. The maximum absolute atomic E-state index is 3.66. The SMILES string of the molecule is CNCc1ccc(N(C)Cc2csc(Br)c2)c(Br)c1. The number of hydrogen-bond acceptors (Lipinski definition) is 3. The van der Waals surface area contributed by atoms with Gasteiger partial charge < -0.3 is 10.2 Å². The summed E-state index contributed by atoms with van der Waals surface area (Å²) in [5.74, 6) is 0. The summed E-state index contributed by atoms with van der Waals surface area (Å²) < 4.78 is 2.32. The van der Waals surface area contributed by atoms with Gasteiger partial charge in [0.1, 0.15) is 0 Å². The summed E-state index contributed by atoms with van der Waals surface area (Å²) in [6.45, 7) is 1.80. The lowest BCUT2D eigenvalue weighted by molar-refractivity contribution is 0.816. The lowest BCUT2D eigenvalue weighted by atomic mass is 10.2. The van der Waals surface area contributed by atoms with Crippen LogP contribution in [0.1, 0.15) is 11.1 Å². The molecule has 2 rings (SSSR count). The van der Waals surface area contributed by atoms with Crippen molar-refractivity contribution in [1.82, 2.24) is 5.32 Å². The Morgan fingerprint density at radius 3 is 2.58 bits per heavy atom. The first-order valence-corrected chi connectivity index (χ1v) is 8.44.